The molecule has 0 aliphatic heterocycles. The molecule has 1 aromatic heterocycles. The first-order chi connectivity index (χ1) is 5.99. The molecular weight excluding hydrogens is 252 g/mol. The molecule has 0 amide bonds. The van der Waals surface area contributed by atoms with Crippen molar-refractivity contribution >= 4 is 33.0 Å². The minimum absolute atomic E-state index is 0.0110. The number of carbonyl (C=O) groups excluding carboxylic acids is 1. The number of ether oxygens (including phenoxy) is 1. The van der Waals surface area contributed by atoms with Crippen molar-refractivity contribution in [2.24, 2.45) is 0 Å². The normalized spacial score (nSPS) is 11.7. The first-order valence-corrected chi connectivity index (χ1v) is 5.49. The predicted molar refractivity (Wildman–Crippen MR) is 57.4 cm³/mol. The summed E-state index contributed by atoms with van der Waals surface area (Å²) in [6, 6.07) is 1.86. The van der Waals surface area contributed by atoms with E-state index in [0.29, 0.717) is 4.88 Å². The Hall–Kier alpha value is -0.190. The van der Waals surface area contributed by atoms with E-state index in [4.69, 9.17) is 4.74 Å². The molecule has 0 bridgehead atoms. The molecule has 2 nitrogen and oxygen atoms in total. The van der Waals surface area contributed by atoms with Gasteiger partial charge in [-0.3, -0.25) is 4.79 Å². The van der Waals surface area contributed by atoms with E-state index in [2.05, 4.69) is 15.9 Å². The molecule has 0 aliphatic rings. The van der Waals surface area contributed by atoms with Crippen LogP contribution in [0.2, 0.25) is 0 Å². The van der Waals surface area contributed by atoms with E-state index < -0.39 is 5.60 Å². The Morgan fingerprint density at radius 3 is 2.62 bits per heavy atom. The quantitative estimate of drug-likeness (QED) is 0.783. The van der Waals surface area contributed by atoms with Crippen LogP contribution < -0.4 is 0 Å². The van der Waals surface area contributed by atoms with Crippen LogP contribution in [0.4, 0.5) is 0 Å². The summed E-state index contributed by atoms with van der Waals surface area (Å²) in [7, 11) is 1.54. The lowest BCUT2D eigenvalue weighted by Gasteiger charge is -2.20. The highest BCUT2D eigenvalue weighted by Gasteiger charge is 2.30. The van der Waals surface area contributed by atoms with Crippen molar-refractivity contribution in [2.75, 3.05) is 7.11 Å². The third-order valence-electron chi connectivity index (χ3n) is 1.88. The maximum atomic E-state index is 11.8. The Bertz CT molecular complexity index is 317. The van der Waals surface area contributed by atoms with Crippen LogP contribution >= 0.6 is 27.3 Å². The van der Waals surface area contributed by atoms with Gasteiger partial charge < -0.3 is 4.74 Å². The van der Waals surface area contributed by atoms with Crippen molar-refractivity contribution in [2.45, 2.75) is 19.4 Å². The fourth-order valence-electron chi connectivity index (χ4n) is 0.822. The predicted octanol–water partition coefficient (Wildman–Crippen LogP) is 3.12. The van der Waals surface area contributed by atoms with Gasteiger partial charge in [-0.05, 0) is 41.2 Å². The van der Waals surface area contributed by atoms with Crippen LogP contribution in [-0.2, 0) is 4.74 Å². The minimum Gasteiger partial charge on any atom is -0.371 e. The lowest BCUT2D eigenvalue weighted by atomic mass is 10.0. The van der Waals surface area contributed by atoms with Crippen LogP contribution in [0.1, 0.15) is 23.5 Å². The van der Waals surface area contributed by atoms with Crippen molar-refractivity contribution in [3.8, 4) is 0 Å². The molecule has 1 heterocycles. The maximum Gasteiger partial charge on any atom is 0.205 e. The molecule has 0 saturated carbocycles. The smallest absolute Gasteiger partial charge is 0.205 e. The molecule has 1 rings (SSSR count). The molecule has 0 saturated heterocycles. The first kappa shape index (κ1) is 10.9. The van der Waals surface area contributed by atoms with Crippen LogP contribution in [0.5, 0.6) is 0 Å². The Labute approximate surface area is 90.0 Å². The van der Waals surface area contributed by atoms with E-state index in [1.807, 2.05) is 11.4 Å². The lowest BCUT2D eigenvalue weighted by Crippen LogP contribution is -2.33. The van der Waals surface area contributed by atoms with Crippen LogP contribution in [0, 0.1) is 0 Å². The molecule has 0 fully saturated rings. The summed E-state index contributed by atoms with van der Waals surface area (Å²) in [5.74, 6) is 0.0110. The average molecular weight is 263 g/mol. The van der Waals surface area contributed by atoms with Crippen molar-refractivity contribution in [3.63, 3.8) is 0 Å². The molecule has 4 heteroatoms. The van der Waals surface area contributed by atoms with Gasteiger partial charge in [0.1, 0.15) is 5.60 Å². The highest BCUT2D eigenvalue weighted by Crippen LogP contribution is 2.27. The third kappa shape index (κ3) is 2.18. The standard InChI is InChI=1S/C9H11BrO2S/c1-9(2,12-3)8(11)7-6(10)4-5-13-7/h4-5H,1-3H3. The topological polar surface area (TPSA) is 26.3 Å². The van der Waals surface area contributed by atoms with Gasteiger partial charge in [-0.25, -0.2) is 0 Å². The van der Waals surface area contributed by atoms with Gasteiger partial charge in [0.15, 0.2) is 0 Å². The number of carbonyl (C=O) groups is 1. The number of ketones is 1. The number of thiophene rings is 1. The number of methoxy groups -OCH3 is 1. The zero-order valence-corrected chi connectivity index (χ0v) is 10.2. The summed E-state index contributed by atoms with van der Waals surface area (Å²) in [6.07, 6.45) is 0. The minimum atomic E-state index is -0.743. The summed E-state index contributed by atoms with van der Waals surface area (Å²) < 4.78 is 5.95. The van der Waals surface area contributed by atoms with Gasteiger partial charge in [-0.15, -0.1) is 11.3 Å². The molecule has 0 aliphatic carbocycles. The van der Waals surface area contributed by atoms with Crippen molar-refractivity contribution in [1.29, 1.82) is 0 Å². The summed E-state index contributed by atoms with van der Waals surface area (Å²) in [5, 5.41) is 1.88. The second-order valence-electron chi connectivity index (χ2n) is 3.14. The van der Waals surface area contributed by atoms with Gasteiger partial charge in [0.25, 0.3) is 0 Å². The van der Waals surface area contributed by atoms with Gasteiger partial charge in [0.2, 0.25) is 5.78 Å². The summed E-state index contributed by atoms with van der Waals surface area (Å²) >= 11 is 4.75. The number of hydrogen-bond donors (Lipinski definition) is 0. The average Bonchev–Trinajstić information content (AvgIpc) is 2.50. The summed E-state index contributed by atoms with van der Waals surface area (Å²) in [5.41, 5.74) is -0.743. The van der Waals surface area contributed by atoms with Gasteiger partial charge in [-0.1, -0.05) is 0 Å². The van der Waals surface area contributed by atoms with Crippen LogP contribution in [0.15, 0.2) is 15.9 Å². The van der Waals surface area contributed by atoms with E-state index in [9.17, 15) is 4.79 Å². The molecular formula is C9H11BrO2S. The van der Waals surface area contributed by atoms with E-state index >= 15 is 0 Å². The molecule has 0 atom stereocenters. The monoisotopic (exact) mass is 262 g/mol. The zero-order chi connectivity index (χ0) is 10.1. The number of hydrogen-bond acceptors (Lipinski definition) is 3. The highest BCUT2D eigenvalue weighted by molar-refractivity contribution is 9.10. The fraction of sp³-hybridized carbons (Fsp3) is 0.444. The van der Waals surface area contributed by atoms with Crippen LogP contribution in [-0.4, -0.2) is 18.5 Å². The largest absolute Gasteiger partial charge is 0.371 e. The van der Waals surface area contributed by atoms with Crippen LogP contribution in [0.25, 0.3) is 0 Å². The molecule has 0 unspecified atom stereocenters. The van der Waals surface area contributed by atoms with Crippen molar-refractivity contribution in [1.82, 2.24) is 0 Å². The van der Waals surface area contributed by atoms with E-state index in [-0.39, 0.29) is 5.78 Å². The fourth-order valence-corrected chi connectivity index (χ4v) is 2.46. The molecule has 13 heavy (non-hydrogen) atoms. The zero-order valence-electron chi connectivity index (χ0n) is 7.76. The Morgan fingerprint density at radius 2 is 2.23 bits per heavy atom. The molecule has 0 radical (unpaired) electrons. The number of Topliss-reactive ketones (excluding diaryl/α,β-unsaturated/α-hetero) is 1. The van der Waals surface area contributed by atoms with Crippen molar-refractivity contribution < 1.29 is 9.53 Å². The molecule has 1 aromatic rings. The molecule has 0 aromatic carbocycles. The van der Waals surface area contributed by atoms with E-state index in [0.717, 1.165) is 4.47 Å². The van der Waals surface area contributed by atoms with Gasteiger partial charge >= 0.3 is 0 Å². The van der Waals surface area contributed by atoms with Gasteiger partial charge in [-0.2, -0.15) is 0 Å². The number of rotatable bonds is 3. The number of halogens is 1. The SMILES string of the molecule is COC(C)(C)C(=O)c1sccc1Br. The van der Waals surface area contributed by atoms with Gasteiger partial charge in [0, 0.05) is 11.6 Å². The third-order valence-corrected chi connectivity index (χ3v) is 3.72. The second kappa shape index (κ2) is 3.90. The molecule has 0 N–H and O–H groups in total. The van der Waals surface area contributed by atoms with E-state index in [1.165, 1.54) is 11.3 Å². The highest BCUT2D eigenvalue weighted by atomic mass is 79.9. The van der Waals surface area contributed by atoms with Gasteiger partial charge in [0.05, 0.1) is 4.88 Å². The Kier molecular flexibility index (Phi) is 3.27. The summed E-state index contributed by atoms with van der Waals surface area (Å²) in [4.78, 5) is 12.5. The first-order valence-electron chi connectivity index (χ1n) is 3.82. The Morgan fingerprint density at radius 1 is 1.62 bits per heavy atom. The summed E-state index contributed by atoms with van der Waals surface area (Å²) in [6.45, 7) is 3.53. The van der Waals surface area contributed by atoms with Crippen LogP contribution in [0.3, 0.4) is 0 Å². The molecule has 0 spiro atoms. The lowest BCUT2D eigenvalue weighted by molar-refractivity contribution is 0.0231. The maximum absolute atomic E-state index is 11.8. The van der Waals surface area contributed by atoms with E-state index in [1.54, 1.807) is 21.0 Å². The Balaban J connectivity index is 2.98. The van der Waals surface area contributed by atoms with Crippen molar-refractivity contribution in [3.05, 3.63) is 20.8 Å². The molecule has 72 valence electrons. The second-order valence-corrected chi connectivity index (χ2v) is 4.91.